The zero-order valence-electron chi connectivity index (χ0n) is 13.5. The third kappa shape index (κ3) is 3.38. The van der Waals surface area contributed by atoms with E-state index in [4.69, 9.17) is 20.4 Å². The van der Waals surface area contributed by atoms with Crippen LogP contribution in [0.4, 0.5) is 5.69 Å². The summed E-state index contributed by atoms with van der Waals surface area (Å²) >= 11 is 6.19. The van der Waals surface area contributed by atoms with E-state index in [1.165, 1.54) is 6.08 Å². The topological polar surface area (TPSA) is 68.3 Å². The number of hydrogen-bond donors (Lipinski definition) is 1. The predicted octanol–water partition coefficient (Wildman–Crippen LogP) is 5.39. The van der Waals surface area contributed by atoms with Gasteiger partial charge in [0.1, 0.15) is 11.3 Å². The Hall–Kier alpha value is -3.31. The molecule has 1 amide bonds. The van der Waals surface area contributed by atoms with E-state index in [1.54, 1.807) is 48.7 Å². The summed E-state index contributed by atoms with van der Waals surface area (Å²) in [7, 11) is 0. The second-order valence-electron chi connectivity index (χ2n) is 5.52. The fraction of sp³-hybridized carbons (Fsp3) is 0. The number of carbonyl (C=O) groups is 1. The summed E-state index contributed by atoms with van der Waals surface area (Å²) in [5.74, 6) is 0.777. The van der Waals surface area contributed by atoms with E-state index in [1.807, 2.05) is 18.2 Å². The van der Waals surface area contributed by atoms with Gasteiger partial charge in [0, 0.05) is 11.8 Å². The Bertz CT molecular complexity index is 1100. The summed E-state index contributed by atoms with van der Waals surface area (Å²) in [6.07, 6.45) is 4.55. The van der Waals surface area contributed by atoms with E-state index < -0.39 is 0 Å². The first-order valence-electron chi connectivity index (χ1n) is 7.87. The number of amides is 1. The molecule has 0 saturated heterocycles. The number of rotatable bonds is 4. The molecule has 0 saturated carbocycles. The lowest BCUT2D eigenvalue weighted by atomic mass is 10.2. The van der Waals surface area contributed by atoms with Crippen LogP contribution in [-0.2, 0) is 4.79 Å². The smallest absolute Gasteiger partial charge is 0.248 e. The summed E-state index contributed by atoms with van der Waals surface area (Å²) in [6.45, 7) is 0. The molecule has 0 unspecified atom stereocenters. The number of anilines is 1. The van der Waals surface area contributed by atoms with Crippen molar-refractivity contribution in [3.05, 3.63) is 77.7 Å². The van der Waals surface area contributed by atoms with Crippen LogP contribution < -0.4 is 5.32 Å². The third-order valence-corrected chi connectivity index (χ3v) is 4.03. The van der Waals surface area contributed by atoms with Crippen LogP contribution in [0.25, 0.3) is 28.6 Å². The van der Waals surface area contributed by atoms with Crippen molar-refractivity contribution in [1.82, 2.24) is 4.98 Å². The molecule has 2 heterocycles. The van der Waals surface area contributed by atoms with Crippen molar-refractivity contribution in [3.8, 4) is 11.5 Å². The monoisotopic (exact) mass is 364 g/mol. The van der Waals surface area contributed by atoms with E-state index >= 15 is 0 Å². The number of oxazole rings is 1. The van der Waals surface area contributed by atoms with E-state index in [0.717, 1.165) is 5.56 Å². The summed E-state index contributed by atoms with van der Waals surface area (Å²) in [4.78, 5) is 16.5. The van der Waals surface area contributed by atoms with Gasteiger partial charge in [0.25, 0.3) is 0 Å². The summed E-state index contributed by atoms with van der Waals surface area (Å²) in [5, 5.41) is 3.35. The largest absolute Gasteiger partial charge is 0.465 e. The molecule has 0 aliphatic carbocycles. The molecule has 2 aromatic heterocycles. The number of benzene rings is 2. The van der Waals surface area contributed by atoms with Crippen LogP contribution in [0.2, 0.25) is 5.02 Å². The average Bonchev–Trinajstić information content (AvgIpc) is 3.29. The molecule has 0 aliphatic rings. The number of hydrogen-bond acceptors (Lipinski definition) is 4. The highest BCUT2D eigenvalue weighted by Gasteiger charge is 2.11. The van der Waals surface area contributed by atoms with Gasteiger partial charge in [0.15, 0.2) is 5.58 Å². The Morgan fingerprint density at radius 1 is 1.12 bits per heavy atom. The van der Waals surface area contributed by atoms with Crippen molar-refractivity contribution in [3.63, 3.8) is 0 Å². The predicted molar refractivity (Wildman–Crippen MR) is 101 cm³/mol. The highest BCUT2D eigenvalue weighted by atomic mass is 35.5. The Kier molecular flexibility index (Phi) is 4.29. The minimum Gasteiger partial charge on any atom is -0.465 e. The first-order valence-corrected chi connectivity index (χ1v) is 8.25. The Labute approximate surface area is 153 Å². The van der Waals surface area contributed by atoms with Gasteiger partial charge in [-0.15, -0.1) is 0 Å². The SMILES string of the molecule is O=C(C=Cc1ccco1)Nc1ccc2oc(-c3ccccc3Cl)nc2c1. The molecule has 6 heteroatoms. The normalized spacial score (nSPS) is 11.3. The minimum absolute atomic E-state index is 0.268. The molecule has 0 radical (unpaired) electrons. The summed E-state index contributed by atoms with van der Waals surface area (Å²) in [6, 6.07) is 16.1. The molecular formula is C20H13ClN2O3. The summed E-state index contributed by atoms with van der Waals surface area (Å²) < 4.78 is 10.9. The minimum atomic E-state index is -0.268. The molecule has 4 aromatic rings. The number of nitrogens with zero attached hydrogens (tertiary/aromatic N) is 1. The summed E-state index contributed by atoms with van der Waals surface area (Å²) in [5.41, 5.74) is 2.58. The number of carbonyl (C=O) groups excluding carboxylic acids is 1. The van der Waals surface area contributed by atoms with E-state index in [9.17, 15) is 4.79 Å². The number of aromatic nitrogens is 1. The number of nitrogens with one attached hydrogen (secondary N) is 1. The molecule has 2 aromatic carbocycles. The van der Waals surface area contributed by atoms with Gasteiger partial charge in [0.2, 0.25) is 11.8 Å². The van der Waals surface area contributed by atoms with E-state index in [0.29, 0.717) is 33.5 Å². The van der Waals surface area contributed by atoms with Crippen LogP contribution in [0, 0.1) is 0 Å². The first kappa shape index (κ1) is 16.2. The van der Waals surface area contributed by atoms with Crippen LogP contribution in [0.3, 0.4) is 0 Å². The second-order valence-corrected chi connectivity index (χ2v) is 5.93. The zero-order valence-corrected chi connectivity index (χ0v) is 14.2. The van der Waals surface area contributed by atoms with Crippen LogP contribution in [0.15, 0.2) is 75.8 Å². The molecule has 0 atom stereocenters. The third-order valence-electron chi connectivity index (χ3n) is 3.70. The fourth-order valence-corrected chi connectivity index (χ4v) is 2.70. The van der Waals surface area contributed by atoms with E-state index in [-0.39, 0.29) is 5.91 Å². The quantitative estimate of drug-likeness (QED) is 0.493. The van der Waals surface area contributed by atoms with Crippen molar-refractivity contribution < 1.29 is 13.6 Å². The van der Waals surface area contributed by atoms with Gasteiger partial charge in [0.05, 0.1) is 16.8 Å². The van der Waals surface area contributed by atoms with E-state index in [2.05, 4.69) is 10.3 Å². The average molecular weight is 365 g/mol. The van der Waals surface area contributed by atoms with Crippen molar-refractivity contribution in [2.75, 3.05) is 5.32 Å². The highest BCUT2D eigenvalue weighted by molar-refractivity contribution is 6.33. The number of fused-ring (bicyclic) bond motifs is 1. The maximum Gasteiger partial charge on any atom is 0.248 e. The van der Waals surface area contributed by atoms with Crippen LogP contribution in [0.5, 0.6) is 0 Å². The van der Waals surface area contributed by atoms with Gasteiger partial charge in [-0.25, -0.2) is 4.98 Å². The molecule has 4 rings (SSSR count). The lowest BCUT2D eigenvalue weighted by molar-refractivity contribution is -0.111. The van der Waals surface area contributed by atoms with Crippen molar-refractivity contribution in [2.24, 2.45) is 0 Å². The first-order chi connectivity index (χ1) is 12.7. The van der Waals surface area contributed by atoms with Crippen molar-refractivity contribution in [2.45, 2.75) is 0 Å². The van der Waals surface area contributed by atoms with Gasteiger partial charge in [-0.2, -0.15) is 0 Å². The molecule has 0 bridgehead atoms. The lowest BCUT2D eigenvalue weighted by Crippen LogP contribution is -2.07. The molecular weight excluding hydrogens is 352 g/mol. The molecule has 128 valence electrons. The number of halogens is 1. The van der Waals surface area contributed by atoms with Gasteiger partial charge >= 0.3 is 0 Å². The van der Waals surface area contributed by atoms with Gasteiger partial charge < -0.3 is 14.2 Å². The highest BCUT2D eigenvalue weighted by Crippen LogP contribution is 2.30. The maximum atomic E-state index is 12.0. The van der Waals surface area contributed by atoms with Gasteiger partial charge in [-0.3, -0.25) is 4.79 Å². The van der Waals surface area contributed by atoms with Crippen molar-refractivity contribution in [1.29, 1.82) is 0 Å². The number of furan rings is 1. The molecule has 0 aliphatic heterocycles. The van der Waals surface area contributed by atoms with Crippen LogP contribution >= 0.6 is 11.6 Å². The molecule has 5 nitrogen and oxygen atoms in total. The molecule has 1 N–H and O–H groups in total. The molecule has 26 heavy (non-hydrogen) atoms. The Morgan fingerprint density at radius 2 is 2.00 bits per heavy atom. The van der Waals surface area contributed by atoms with Crippen LogP contribution in [0.1, 0.15) is 5.76 Å². The molecule has 0 spiro atoms. The lowest BCUT2D eigenvalue weighted by Gasteiger charge is -2.00. The van der Waals surface area contributed by atoms with Crippen LogP contribution in [-0.4, -0.2) is 10.9 Å². The zero-order chi connectivity index (χ0) is 17.9. The Morgan fingerprint density at radius 3 is 2.81 bits per heavy atom. The van der Waals surface area contributed by atoms with Gasteiger partial charge in [-0.1, -0.05) is 23.7 Å². The fourth-order valence-electron chi connectivity index (χ4n) is 2.48. The van der Waals surface area contributed by atoms with Gasteiger partial charge in [-0.05, 0) is 48.5 Å². The second kappa shape index (κ2) is 6.90. The Balaban J connectivity index is 1.56. The molecule has 0 fully saturated rings. The maximum absolute atomic E-state index is 12.0. The van der Waals surface area contributed by atoms with Crippen molar-refractivity contribution >= 4 is 40.4 Å². The standard InChI is InChI=1S/C20H13ClN2O3/c21-16-6-2-1-5-15(16)20-23-17-12-13(7-9-18(17)26-20)22-19(24)10-8-14-4-3-11-25-14/h1-12H,(H,22,24).